The zero-order chi connectivity index (χ0) is 9.84. The Morgan fingerprint density at radius 3 is 3.00 bits per heavy atom. The molecule has 0 spiro atoms. The number of rotatable bonds is 2. The maximum Gasteiger partial charge on any atom is 0.320 e. The first-order valence-corrected chi connectivity index (χ1v) is 3.88. The molecule has 0 aliphatic carbocycles. The second kappa shape index (κ2) is 3.90. The lowest BCUT2D eigenvalue weighted by Gasteiger charge is -2.06. The lowest BCUT2D eigenvalue weighted by molar-refractivity contribution is 0.253. The number of amides is 2. The van der Waals surface area contributed by atoms with E-state index in [-0.39, 0.29) is 6.03 Å². The summed E-state index contributed by atoms with van der Waals surface area (Å²) in [4.78, 5) is 11.0. The van der Waals surface area contributed by atoms with E-state index in [1.807, 2.05) is 0 Å². The smallest absolute Gasteiger partial charge is 0.320 e. The second-order valence-corrected chi connectivity index (χ2v) is 2.55. The monoisotopic (exact) mass is 183 g/mol. The van der Waals surface area contributed by atoms with Gasteiger partial charge in [-0.05, 0) is 0 Å². The first-order chi connectivity index (χ1) is 6.19. The Bertz CT molecular complexity index is 306. The molecule has 6 nitrogen and oxygen atoms in total. The summed E-state index contributed by atoms with van der Waals surface area (Å²) in [7, 11) is 3.29. The quantitative estimate of drug-likeness (QED) is 0.584. The molecule has 0 aliphatic rings. The Morgan fingerprint density at radius 2 is 2.46 bits per heavy atom. The highest BCUT2D eigenvalue weighted by molar-refractivity contribution is 5.88. The summed E-state index contributed by atoms with van der Waals surface area (Å²) in [5.41, 5.74) is 6.27. The molecule has 1 aromatic heterocycles. The number of hydrogen-bond acceptors (Lipinski definition) is 3. The molecule has 72 valence electrons. The van der Waals surface area contributed by atoms with Crippen molar-refractivity contribution in [3.8, 4) is 0 Å². The molecule has 13 heavy (non-hydrogen) atoms. The van der Waals surface area contributed by atoms with Gasteiger partial charge in [0.25, 0.3) is 0 Å². The van der Waals surface area contributed by atoms with Crippen LogP contribution in [0.15, 0.2) is 6.20 Å². The molecular formula is C7H13N5O. The van der Waals surface area contributed by atoms with Crippen molar-refractivity contribution in [1.29, 1.82) is 0 Å². The molecular weight excluding hydrogens is 170 g/mol. The summed E-state index contributed by atoms with van der Waals surface area (Å²) in [6.07, 6.45) is 1.63. The van der Waals surface area contributed by atoms with Crippen LogP contribution in [0.5, 0.6) is 0 Å². The van der Waals surface area contributed by atoms with Crippen LogP contribution >= 0.6 is 0 Å². The van der Waals surface area contributed by atoms with Crippen LogP contribution in [0.1, 0.15) is 5.56 Å². The molecule has 1 heterocycles. The summed E-state index contributed by atoms with van der Waals surface area (Å²) in [5.74, 6) is 0.627. The number of nitrogens with two attached hydrogens (primary N) is 1. The second-order valence-electron chi connectivity index (χ2n) is 2.55. The van der Waals surface area contributed by atoms with Crippen molar-refractivity contribution in [3.63, 3.8) is 0 Å². The van der Waals surface area contributed by atoms with Gasteiger partial charge in [0.15, 0.2) is 0 Å². The summed E-state index contributed by atoms with van der Waals surface area (Å²) >= 11 is 0. The Hall–Kier alpha value is -1.56. The number of carbonyl (C=O) groups is 1. The highest BCUT2D eigenvalue weighted by Gasteiger charge is 2.08. The summed E-state index contributed by atoms with van der Waals surface area (Å²) in [6, 6.07) is -0.279. The number of aryl methyl sites for hydroxylation is 1. The largest absolute Gasteiger partial charge is 0.341 e. The van der Waals surface area contributed by atoms with E-state index in [2.05, 4.69) is 15.7 Å². The Balaban J connectivity index is 2.85. The number of aromatic nitrogens is 2. The molecule has 1 rings (SSSR count). The van der Waals surface area contributed by atoms with Gasteiger partial charge in [0.1, 0.15) is 5.82 Å². The van der Waals surface area contributed by atoms with Crippen LogP contribution < -0.4 is 16.4 Å². The van der Waals surface area contributed by atoms with Crippen LogP contribution in [-0.2, 0) is 13.6 Å². The zero-order valence-corrected chi connectivity index (χ0v) is 7.66. The molecule has 0 bridgehead atoms. The molecule has 0 aliphatic heterocycles. The van der Waals surface area contributed by atoms with Crippen LogP contribution in [0.4, 0.5) is 10.6 Å². The van der Waals surface area contributed by atoms with Crippen molar-refractivity contribution in [2.75, 3.05) is 12.4 Å². The highest BCUT2D eigenvalue weighted by Crippen LogP contribution is 2.12. The minimum absolute atomic E-state index is 0.279. The van der Waals surface area contributed by atoms with Gasteiger partial charge in [0, 0.05) is 26.2 Å². The number of anilines is 1. The van der Waals surface area contributed by atoms with Crippen molar-refractivity contribution in [3.05, 3.63) is 11.8 Å². The van der Waals surface area contributed by atoms with Crippen LogP contribution in [0, 0.1) is 0 Å². The van der Waals surface area contributed by atoms with Crippen LogP contribution in [-0.4, -0.2) is 22.9 Å². The molecule has 0 saturated carbocycles. The van der Waals surface area contributed by atoms with Crippen molar-refractivity contribution < 1.29 is 4.79 Å². The molecule has 0 saturated heterocycles. The molecule has 0 aromatic carbocycles. The average molecular weight is 183 g/mol. The van der Waals surface area contributed by atoms with E-state index in [0.29, 0.717) is 12.4 Å². The lowest BCUT2D eigenvalue weighted by atomic mass is 10.3. The minimum Gasteiger partial charge on any atom is -0.341 e. The topological polar surface area (TPSA) is 85.0 Å². The summed E-state index contributed by atoms with van der Waals surface area (Å²) in [5, 5.41) is 9.05. The molecule has 0 radical (unpaired) electrons. The first kappa shape index (κ1) is 9.53. The van der Waals surface area contributed by atoms with Gasteiger partial charge in [-0.2, -0.15) is 5.10 Å². The van der Waals surface area contributed by atoms with Gasteiger partial charge in [-0.25, -0.2) is 4.79 Å². The van der Waals surface area contributed by atoms with Gasteiger partial charge >= 0.3 is 6.03 Å². The lowest BCUT2D eigenvalue weighted by Crippen LogP contribution is -2.26. The van der Waals surface area contributed by atoms with E-state index < -0.39 is 0 Å². The first-order valence-electron chi connectivity index (χ1n) is 3.88. The summed E-state index contributed by atoms with van der Waals surface area (Å²) < 4.78 is 1.57. The predicted molar refractivity (Wildman–Crippen MR) is 49.2 cm³/mol. The Labute approximate surface area is 76.1 Å². The van der Waals surface area contributed by atoms with E-state index in [9.17, 15) is 4.79 Å². The molecule has 0 atom stereocenters. The number of nitrogens with one attached hydrogen (secondary N) is 2. The third-order valence-corrected chi connectivity index (χ3v) is 1.69. The minimum atomic E-state index is -0.279. The molecule has 0 fully saturated rings. The predicted octanol–water partition coefficient (Wildman–Crippen LogP) is -0.370. The fourth-order valence-electron chi connectivity index (χ4n) is 0.964. The van der Waals surface area contributed by atoms with Crippen molar-refractivity contribution in [2.24, 2.45) is 12.8 Å². The highest BCUT2D eigenvalue weighted by atomic mass is 16.2. The normalized spacial score (nSPS) is 9.77. The molecule has 6 heteroatoms. The van der Waals surface area contributed by atoms with Gasteiger partial charge in [-0.1, -0.05) is 0 Å². The number of carbonyl (C=O) groups excluding carboxylic acids is 1. The average Bonchev–Trinajstić information content (AvgIpc) is 2.48. The molecule has 2 amide bonds. The summed E-state index contributed by atoms with van der Waals surface area (Å²) in [6.45, 7) is 0.354. The Morgan fingerprint density at radius 1 is 1.77 bits per heavy atom. The van der Waals surface area contributed by atoms with Crippen molar-refractivity contribution in [2.45, 2.75) is 6.54 Å². The third kappa shape index (κ3) is 1.97. The van der Waals surface area contributed by atoms with Crippen LogP contribution in [0.3, 0.4) is 0 Å². The Kier molecular flexibility index (Phi) is 2.86. The molecule has 1 aromatic rings. The van der Waals surface area contributed by atoms with E-state index in [1.165, 1.54) is 0 Å². The molecule has 0 unspecified atom stereocenters. The maximum absolute atomic E-state index is 11.0. The fraction of sp³-hybridized carbons (Fsp3) is 0.429. The number of hydrogen-bond donors (Lipinski definition) is 3. The maximum atomic E-state index is 11.0. The van der Waals surface area contributed by atoms with Gasteiger partial charge in [0.2, 0.25) is 0 Å². The van der Waals surface area contributed by atoms with Crippen LogP contribution in [0.25, 0.3) is 0 Å². The van der Waals surface area contributed by atoms with Gasteiger partial charge in [-0.3, -0.25) is 10.00 Å². The van der Waals surface area contributed by atoms with E-state index >= 15 is 0 Å². The van der Waals surface area contributed by atoms with Crippen molar-refractivity contribution in [1.82, 2.24) is 15.1 Å². The standard InChI is InChI=1S/C7H13N5O/c1-9-7(13)11-6-5(3-8)4-10-12(6)2/h4H,3,8H2,1-2H3,(H2,9,11,13). The third-order valence-electron chi connectivity index (χ3n) is 1.69. The van der Waals surface area contributed by atoms with E-state index in [1.54, 1.807) is 25.0 Å². The number of urea groups is 1. The molecule has 4 N–H and O–H groups in total. The van der Waals surface area contributed by atoms with E-state index in [0.717, 1.165) is 5.56 Å². The van der Waals surface area contributed by atoms with Crippen LogP contribution in [0.2, 0.25) is 0 Å². The van der Waals surface area contributed by atoms with Gasteiger partial charge < -0.3 is 11.1 Å². The number of nitrogens with zero attached hydrogens (tertiary/aromatic N) is 2. The fourth-order valence-corrected chi connectivity index (χ4v) is 0.964. The SMILES string of the molecule is CNC(=O)Nc1c(CN)cnn1C. The van der Waals surface area contributed by atoms with E-state index in [4.69, 9.17) is 5.73 Å². The van der Waals surface area contributed by atoms with Gasteiger partial charge in [-0.15, -0.1) is 0 Å². The van der Waals surface area contributed by atoms with Crippen molar-refractivity contribution >= 4 is 11.8 Å². The zero-order valence-electron chi connectivity index (χ0n) is 7.66. The van der Waals surface area contributed by atoms with Gasteiger partial charge in [0.05, 0.1) is 6.20 Å².